The summed E-state index contributed by atoms with van der Waals surface area (Å²) in [6, 6.07) is 19.7. The molecule has 140 valence electrons. The summed E-state index contributed by atoms with van der Waals surface area (Å²) >= 11 is 0. The van der Waals surface area contributed by atoms with E-state index in [4.69, 9.17) is 4.74 Å². The third kappa shape index (κ3) is 2.49. The molecule has 0 unspecified atom stereocenters. The summed E-state index contributed by atoms with van der Waals surface area (Å²) in [6.45, 7) is 0.829. The molecule has 5 rings (SSSR count). The van der Waals surface area contributed by atoms with Crippen LogP contribution in [-0.4, -0.2) is 30.6 Å². The molecule has 3 heteroatoms. The maximum atomic E-state index is 6.52. The summed E-state index contributed by atoms with van der Waals surface area (Å²) < 4.78 is 6.52. The van der Waals surface area contributed by atoms with Crippen LogP contribution in [-0.2, 0) is 22.3 Å². The Morgan fingerprint density at radius 1 is 0.889 bits per heavy atom. The van der Waals surface area contributed by atoms with Crippen molar-refractivity contribution in [1.29, 1.82) is 0 Å². The summed E-state index contributed by atoms with van der Waals surface area (Å²) in [5.74, 6) is 0. The van der Waals surface area contributed by atoms with Gasteiger partial charge < -0.3 is 9.72 Å². The molecule has 1 spiro atoms. The van der Waals surface area contributed by atoms with Crippen LogP contribution in [0.4, 0.5) is 0 Å². The largest absolute Gasteiger partial charge is 0.368 e. The zero-order chi connectivity index (χ0) is 18.5. The number of aromatic amines is 1. The van der Waals surface area contributed by atoms with Gasteiger partial charge in [-0.1, -0.05) is 48.5 Å². The maximum absolute atomic E-state index is 6.52. The number of nitrogens with one attached hydrogen (secondary N) is 1. The standard InChI is InChI=1S/C24H28N2O/c1-26(2)23(18-8-4-3-5-9-18)13-15-24(16-14-23)22-20(12-17-27-24)19-10-6-7-11-21(19)25-22/h3-11,25H,12-17H2,1-2H3/t23-,24-. The average Bonchev–Trinajstić information content (AvgIpc) is 3.10. The van der Waals surface area contributed by atoms with Crippen molar-refractivity contribution < 1.29 is 4.74 Å². The van der Waals surface area contributed by atoms with Crippen molar-refractivity contribution in [3.05, 3.63) is 71.4 Å². The Balaban J connectivity index is 1.53. The molecule has 1 aliphatic heterocycles. The molecule has 1 fully saturated rings. The predicted octanol–water partition coefficient (Wildman–Crippen LogP) is 4.97. The molecule has 2 aromatic carbocycles. The van der Waals surface area contributed by atoms with Crippen molar-refractivity contribution in [1.82, 2.24) is 9.88 Å². The lowest BCUT2D eigenvalue weighted by molar-refractivity contribution is -0.113. The molecule has 0 bridgehead atoms. The smallest absolute Gasteiger partial charge is 0.108 e. The van der Waals surface area contributed by atoms with E-state index in [0.29, 0.717) is 0 Å². The summed E-state index contributed by atoms with van der Waals surface area (Å²) in [6.07, 6.45) is 5.34. The molecule has 2 aliphatic rings. The molecule has 3 aromatic rings. The van der Waals surface area contributed by atoms with Gasteiger partial charge in [0, 0.05) is 16.4 Å². The van der Waals surface area contributed by atoms with Gasteiger partial charge in [-0.2, -0.15) is 0 Å². The molecule has 1 aromatic heterocycles. The number of nitrogens with zero attached hydrogens (tertiary/aromatic N) is 1. The topological polar surface area (TPSA) is 28.3 Å². The van der Waals surface area contributed by atoms with Crippen LogP contribution in [0.5, 0.6) is 0 Å². The van der Waals surface area contributed by atoms with Crippen LogP contribution in [0.3, 0.4) is 0 Å². The van der Waals surface area contributed by atoms with Gasteiger partial charge in [0.25, 0.3) is 0 Å². The van der Waals surface area contributed by atoms with Gasteiger partial charge in [-0.25, -0.2) is 0 Å². The van der Waals surface area contributed by atoms with E-state index in [2.05, 4.69) is 78.6 Å². The predicted molar refractivity (Wildman–Crippen MR) is 110 cm³/mol. The van der Waals surface area contributed by atoms with E-state index in [9.17, 15) is 0 Å². The third-order valence-corrected chi connectivity index (χ3v) is 7.05. The average molecular weight is 361 g/mol. The molecular formula is C24H28N2O. The summed E-state index contributed by atoms with van der Waals surface area (Å²) in [4.78, 5) is 6.16. The van der Waals surface area contributed by atoms with Crippen LogP contribution in [0, 0.1) is 0 Å². The monoisotopic (exact) mass is 360 g/mol. The highest BCUT2D eigenvalue weighted by Gasteiger charge is 2.49. The van der Waals surface area contributed by atoms with E-state index >= 15 is 0 Å². The Kier molecular flexibility index (Phi) is 3.92. The fraction of sp³-hybridized carbons (Fsp3) is 0.417. The SMILES string of the molecule is CN(C)[C@]1(c2ccccc2)CC[C@]2(CC1)OCCc1c3ccccc3[nH]c12. The van der Waals surface area contributed by atoms with E-state index in [0.717, 1.165) is 38.7 Å². The van der Waals surface area contributed by atoms with Crippen LogP contribution in [0.25, 0.3) is 10.9 Å². The third-order valence-electron chi connectivity index (χ3n) is 7.05. The number of hydrogen-bond acceptors (Lipinski definition) is 2. The molecule has 0 radical (unpaired) electrons. The minimum atomic E-state index is -0.152. The first-order valence-electron chi connectivity index (χ1n) is 10.1. The summed E-state index contributed by atoms with van der Waals surface area (Å²) in [7, 11) is 4.45. The Labute approximate surface area is 161 Å². The zero-order valence-electron chi connectivity index (χ0n) is 16.3. The first-order chi connectivity index (χ1) is 13.1. The number of benzene rings is 2. The highest BCUT2D eigenvalue weighted by Crippen LogP contribution is 2.52. The molecule has 0 amide bonds. The number of aromatic nitrogens is 1. The normalized spacial score (nSPS) is 28.0. The van der Waals surface area contributed by atoms with Crippen LogP contribution in [0.15, 0.2) is 54.6 Å². The second-order valence-electron chi connectivity index (χ2n) is 8.41. The number of H-pyrrole nitrogens is 1. The maximum Gasteiger partial charge on any atom is 0.108 e. The van der Waals surface area contributed by atoms with E-state index in [-0.39, 0.29) is 11.1 Å². The number of rotatable bonds is 2. The Morgan fingerprint density at radius 2 is 1.59 bits per heavy atom. The highest BCUT2D eigenvalue weighted by atomic mass is 16.5. The van der Waals surface area contributed by atoms with Gasteiger partial charge in [-0.15, -0.1) is 0 Å². The van der Waals surface area contributed by atoms with E-state index < -0.39 is 0 Å². The fourth-order valence-electron chi connectivity index (χ4n) is 5.47. The number of fused-ring (bicyclic) bond motifs is 4. The molecule has 0 atom stereocenters. The van der Waals surface area contributed by atoms with Gasteiger partial charge >= 0.3 is 0 Å². The van der Waals surface area contributed by atoms with Crippen LogP contribution < -0.4 is 0 Å². The number of ether oxygens (including phenoxy) is 1. The number of hydrogen-bond donors (Lipinski definition) is 1. The minimum absolute atomic E-state index is 0.0967. The van der Waals surface area contributed by atoms with E-state index in [1.165, 1.54) is 27.7 Å². The van der Waals surface area contributed by atoms with Gasteiger partial charge in [-0.05, 0) is 63.4 Å². The molecule has 3 nitrogen and oxygen atoms in total. The fourth-order valence-corrected chi connectivity index (χ4v) is 5.47. The first kappa shape index (κ1) is 17.0. The van der Waals surface area contributed by atoms with Crippen LogP contribution in [0.1, 0.15) is 42.5 Å². The Morgan fingerprint density at radius 3 is 2.33 bits per heavy atom. The highest BCUT2D eigenvalue weighted by molar-refractivity contribution is 5.85. The van der Waals surface area contributed by atoms with Crippen molar-refractivity contribution in [2.75, 3.05) is 20.7 Å². The Hall–Kier alpha value is -2.10. The second kappa shape index (κ2) is 6.22. The quantitative estimate of drug-likeness (QED) is 0.699. The van der Waals surface area contributed by atoms with Crippen molar-refractivity contribution in [2.24, 2.45) is 0 Å². The van der Waals surface area contributed by atoms with Crippen molar-refractivity contribution in [3.8, 4) is 0 Å². The first-order valence-corrected chi connectivity index (χ1v) is 10.1. The molecule has 0 saturated heterocycles. The van der Waals surface area contributed by atoms with E-state index in [1.54, 1.807) is 0 Å². The molecule has 27 heavy (non-hydrogen) atoms. The van der Waals surface area contributed by atoms with Crippen molar-refractivity contribution in [3.63, 3.8) is 0 Å². The van der Waals surface area contributed by atoms with Crippen molar-refractivity contribution in [2.45, 2.75) is 43.2 Å². The lowest BCUT2D eigenvalue weighted by Crippen LogP contribution is -2.50. The van der Waals surface area contributed by atoms with Gasteiger partial charge in [0.05, 0.1) is 12.3 Å². The Bertz CT molecular complexity index is 949. The zero-order valence-corrected chi connectivity index (χ0v) is 16.3. The van der Waals surface area contributed by atoms with Gasteiger partial charge in [0.2, 0.25) is 0 Å². The van der Waals surface area contributed by atoms with Crippen molar-refractivity contribution >= 4 is 10.9 Å². The summed E-state index contributed by atoms with van der Waals surface area (Å²) in [5, 5.41) is 1.38. The molecule has 1 N–H and O–H groups in total. The van der Waals surface area contributed by atoms with Gasteiger partial charge in [0.1, 0.15) is 5.60 Å². The lowest BCUT2D eigenvalue weighted by atomic mass is 9.68. The lowest BCUT2D eigenvalue weighted by Gasteiger charge is -2.50. The van der Waals surface area contributed by atoms with E-state index in [1.807, 2.05) is 0 Å². The number of para-hydroxylation sites is 1. The molecule has 2 heterocycles. The second-order valence-corrected chi connectivity index (χ2v) is 8.41. The summed E-state index contributed by atoms with van der Waals surface area (Å²) in [5.41, 5.74) is 5.45. The molecular weight excluding hydrogens is 332 g/mol. The van der Waals surface area contributed by atoms with Crippen LogP contribution in [0.2, 0.25) is 0 Å². The molecule has 1 saturated carbocycles. The minimum Gasteiger partial charge on any atom is -0.368 e. The van der Waals surface area contributed by atoms with Gasteiger partial charge in [0.15, 0.2) is 0 Å². The van der Waals surface area contributed by atoms with Crippen LogP contribution >= 0.6 is 0 Å². The van der Waals surface area contributed by atoms with Gasteiger partial charge in [-0.3, -0.25) is 4.90 Å². The molecule has 1 aliphatic carbocycles.